The molecule has 6 aromatic rings. The summed E-state index contributed by atoms with van der Waals surface area (Å²) in [5, 5.41) is 42.2. The molecule has 0 spiro atoms. The molecule has 0 aliphatic carbocycles. The summed E-state index contributed by atoms with van der Waals surface area (Å²) in [5.74, 6) is -0.634. The highest BCUT2D eigenvalue weighted by atomic mass is 32.2. The molecule has 0 amide bonds. The van der Waals surface area contributed by atoms with Crippen LogP contribution in [-0.4, -0.2) is 75.6 Å². The largest absolute Gasteiger partial charge is 0.480 e. The zero-order valence-corrected chi connectivity index (χ0v) is 31.8. The van der Waals surface area contributed by atoms with Crippen molar-refractivity contribution in [3.63, 3.8) is 0 Å². The molecule has 0 bridgehead atoms. The Balaban J connectivity index is 0.000000183. The number of nitro benzene ring substituents is 2. The van der Waals surface area contributed by atoms with Crippen LogP contribution in [0.15, 0.2) is 113 Å². The number of aliphatic carboxylic acids is 2. The Hall–Kier alpha value is -7.13. The van der Waals surface area contributed by atoms with E-state index in [0.29, 0.717) is 61.4 Å². The van der Waals surface area contributed by atoms with Gasteiger partial charge in [0.25, 0.3) is 11.4 Å². The number of carboxylic acids is 2. The minimum atomic E-state index is -4.85. The first-order valence-corrected chi connectivity index (χ1v) is 19.2. The van der Waals surface area contributed by atoms with Gasteiger partial charge in [-0.15, -0.1) is 23.5 Å². The molecule has 0 saturated heterocycles. The van der Waals surface area contributed by atoms with Gasteiger partial charge in [0.2, 0.25) is 0 Å². The van der Waals surface area contributed by atoms with Crippen molar-refractivity contribution in [1.82, 2.24) is 9.97 Å². The molecule has 2 aliphatic rings. The molecule has 0 radical (unpaired) electrons. The van der Waals surface area contributed by atoms with Crippen molar-refractivity contribution in [2.24, 2.45) is 9.98 Å². The number of nitrogens with zero attached hydrogens (tertiary/aromatic N) is 6. The lowest BCUT2D eigenvalue weighted by molar-refractivity contribution is -0.385. The van der Waals surface area contributed by atoms with Crippen LogP contribution in [0.3, 0.4) is 0 Å². The number of hydrogen-bond acceptors (Lipinski definition) is 14. The van der Waals surface area contributed by atoms with Crippen LogP contribution in [0.5, 0.6) is 23.0 Å². The summed E-state index contributed by atoms with van der Waals surface area (Å²) in [6.45, 7) is 0. The maximum Gasteiger partial charge on any atom is 0.420 e. The van der Waals surface area contributed by atoms with Gasteiger partial charge in [-0.3, -0.25) is 30.2 Å². The van der Waals surface area contributed by atoms with E-state index in [9.17, 15) is 43.0 Å². The zero-order valence-electron chi connectivity index (χ0n) is 30.2. The second kappa shape index (κ2) is 17.0. The Bertz CT molecular complexity index is 2770. The first-order valence-electron chi connectivity index (χ1n) is 17.3. The number of carboxylic acid groups (broad SMARTS) is 2. The predicted molar refractivity (Wildman–Crippen MR) is 216 cm³/mol. The number of aromatic nitrogens is 2. The molecular formula is C39H25F3N6O10S2. The number of thioether (sulfide) groups is 2. The van der Waals surface area contributed by atoms with Gasteiger partial charge in [0, 0.05) is 46.5 Å². The maximum absolute atomic E-state index is 13.4. The molecule has 2 atom stereocenters. The number of rotatable bonds is 10. The maximum atomic E-state index is 13.4. The average Bonchev–Trinajstić information content (AvgIpc) is 3.93. The van der Waals surface area contributed by atoms with Gasteiger partial charge < -0.3 is 19.7 Å². The van der Waals surface area contributed by atoms with E-state index in [1.54, 1.807) is 36.4 Å². The Kier molecular flexibility index (Phi) is 11.6. The molecule has 0 unspecified atom stereocenters. The Morgan fingerprint density at radius 2 is 1.10 bits per heavy atom. The number of non-ortho nitro benzene ring substituents is 2. The summed E-state index contributed by atoms with van der Waals surface area (Å²) in [7, 11) is 0. The van der Waals surface area contributed by atoms with Crippen LogP contribution in [0.25, 0.3) is 21.8 Å². The molecule has 8 rings (SSSR count). The minimum Gasteiger partial charge on any atom is -0.480 e. The molecule has 0 saturated carbocycles. The van der Waals surface area contributed by atoms with E-state index in [0.717, 1.165) is 23.0 Å². The number of benzene rings is 4. The SMILES string of the molecule is O=C(O)[C@H]1CSC(c2ccc3cc(Oc4ccc([N+](=O)[O-])cc4)ccc3n2)=N1.O=C(O)[C@H]1CSC(c2ccc3cc(Oc4ccc([N+](=O)[O-])cc4C(F)(F)F)ccc3n2)=N1. The number of hydrogen-bond donors (Lipinski definition) is 2. The van der Waals surface area contributed by atoms with Crippen molar-refractivity contribution >= 4 is 78.7 Å². The van der Waals surface area contributed by atoms with Gasteiger partial charge in [0.1, 0.15) is 38.6 Å². The fraction of sp³-hybridized carbons (Fsp3) is 0.128. The summed E-state index contributed by atoms with van der Waals surface area (Å²) in [4.78, 5) is 59.6. The van der Waals surface area contributed by atoms with E-state index in [2.05, 4.69) is 20.0 Å². The number of alkyl halides is 3. The van der Waals surface area contributed by atoms with E-state index < -0.39 is 57.0 Å². The first kappa shape index (κ1) is 41.0. The van der Waals surface area contributed by atoms with Gasteiger partial charge in [0.05, 0.1) is 32.3 Å². The van der Waals surface area contributed by atoms with Crippen molar-refractivity contribution in [1.29, 1.82) is 0 Å². The van der Waals surface area contributed by atoms with Crippen molar-refractivity contribution in [2.45, 2.75) is 18.3 Å². The number of fused-ring (bicyclic) bond motifs is 2. The number of nitro groups is 2. The first-order chi connectivity index (χ1) is 28.6. The Morgan fingerprint density at radius 1 is 0.633 bits per heavy atom. The van der Waals surface area contributed by atoms with Crippen LogP contribution in [0.1, 0.15) is 17.0 Å². The van der Waals surface area contributed by atoms with Crippen LogP contribution in [-0.2, 0) is 15.8 Å². The lowest BCUT2D eigenvalue weighted by atomic mass is 10.1. The van der Waals surface area contributed by atoms with E-state index >= 15 is 0 Å². The standard InChI is InChI=1S/C20H12F3N3O5S.C19H13N3O5S/c21-20(22,23)13-8-11(26(29)30)2-6-17(13)31-12-3-5-14-10(7-12)1-4-15(24-14)18-25-16(9-32-18)19(27)28;23-19(24)17-10-28-18(21-17)16-7-1-11-9-14(6-8-15(11)20-16)27-13-4-2-12(3-5-13)22(25)26/h1-8,16H,9H2,(H,27,28);1-9,17H,10H2,(H,23,24)/t16-;17-/m11/s1. The number of halogens is 3. The minimum absolute atomic E-state index is 0.000393. The fourth-order valence-electron chi connectivity index (χ4n) is 5.69. The topological polar surface area (TPSA) is 230 Å². The van der Waals surface area contributed by atoms with Gasteiger partial charge in [-0.2, -0.15) is 13.2 Å². The quantitative estimate of drug-likeness (QED) is 0.0969. The van der Waals surface area contributed by atoms with Gasteiger partial charge >= 0.3 is 18.1 Å². The summed E-state index contributed by atoms with van der Waals surface area (Å²) in [6, 6.07) is 23.4. The van der Waals surface area contributed by atoms with Crippen LogP contribution in [0.2, 0.25) is 0 Å². The predicted octanol–water partition coefficient (Wildman–Crippen LogP) is 8.78. The molecule has 304 valence electrons. The Labute approximate surface area is 343 Å². The van der Waals surface area contributed by atoms with Crippen LogP contribution in [0, 0.1) is 20.2 Å². The second-order valence-corrected chi connectivity index (χ2v) is 14.7. The molecule has 2 aromatic heterocycles. The highest BCUT2D eigenvalue weighted by Gasteiger charge is 2.36. The lowest BCUT2D eigenvalue weighted by Gasteiger charge is -2.14. The van der Waals surface area contributed by atoms with Crippen LogP contribution < -0.4 is 9.47 Å². The number of carbonyl (C=O) groups is 2. The molecule has 4 aromatic carbocycles. The van der Waals surface area contributed by atoms with Crippen molar-refractivity contribution in [2.75, 3.05) is 11.5 Å². The smallest absolute Gasteiger partial charge is 0.420 e. The van der Waals surface area contributed by atoms with E-state index in [4.69, 9.17) is 19.7 Å². The highest BCUT2D eigenvalue weighted by Crippen LogP contribution is 2.40. The zero-order chi connectivity index (χ0) is 42.7. The van der Waals surface area contributed by atoms with Gasteiger partial charge in [-0.1, -0.05) is 12.1 Å². The van der Waals surface area contributed by atoms with Gasteiger partial charge in [0.15, 0.2) is 12.1 Å². The molecule has 21 heteroatoms. The number of ether oxygens (including phenoxy) is 2. The molecule has 2 aliphatic heterocycles. The molecule has 0 fully saturated rings. The molecule has 60 heavy (non-hydrogen) atoms. The molecule has 4 heterocycles. The van der Waals surface area contributed by atoms with Crippen LogP contribution >= 0.6 is 23.5 Å². The highest BCUT2D eigenvalue weighted by molar-refractivity contribution is 8.15. The molecular weight excluding hydrogens is 834 g/mol. The third kappa shape index (κ3) is 9.42. The van der Waals surface area contributed by atoms with Gasteiger partial charge in [-0.25, -0.2) is 19.6 Å². The lowest BCUT2D eigenvalue weighted by Crippen LogP contribution is -2.17. The number of aliphatic imine (C=N–C) groups is 2. The third-order valence-corrected chi connectivity index (χ3v) is 10.8. The van der Waals surface area contributed by atoms with Crippen LogP contribution in [0.4, 0.5) is 24.5 Å². The number of pyridine rings is 2. The second-order valence-electron chi connectivity index (χ2n) is 12.7. The fourth-order valence-corrected chi connectivity index (χ4v) is 7.69. The third-order valence-electron chi connectivity index (χ3n) is 8.62. The van der Waals surface area contributed by atoms with E-state index in [1.807, 2.05) is 12.1 Å². The average molecular weight is 859 g/mol. The summed E-state index contributed by atoms with van der Waals surface area (Å²) < 4.78 is 51.2. The van der Waals surface area contributed by atoms with Crippen molar-refractivity contribution < 1.29 is 52.3 Å². The van der Waals surface area contributed by atoms with E-state index in [1.165, 1.54) is 59.9 Å². The molecule has 2 N–H and O–H groups in total. The Morgan fingerprint density at radius 3 is 1.55 bits per heavy atom. The molecule has 16 nitrogen and oxygen atoms in total. The summed E-state index contributed by atoms with van der Waals surface area (Å²) in [6.07, 6.45) is -4.85. The van der Waals surface area contributed by atoms with Gasteiger partial charge in [-0.05, 0) is 66.7 Å². The van der Waals surface area contributed by atoms with Crippen molar-refractivity contribution in [3.05, 3.63) is 140 Å². The van der Waals surface area contributed by atoms with Crippen molar-refractivity contribution in [3.8, 4) is 23.0 Å². The summed E-state index contributed by atoms with van der Waals surface area (Å²) >= 11 is 2.66. The van der Waals surface area contributed by atoms with E-state index in [-0.39, 0.29) is 11.4 Å². The normalized spacial score (nSPS) is 16.1. The monoisotopic (exact) mass is 858 g/mol. The summed E-state index contributed by atoms with van der Waals surface area (Å²) in [5.41, 5.74) is 0.426.